The molecule has 4 rings (SSSR count). The molecule has 1 fully saturated rings. The minimum atomic E-state index is -0.361. The molecule has 2 heterocycles. The molecule has 3 aromatic rings. The van der Waals surface area contributed by atoms with Crippen molar-refractivity contribution in [3.05, 3.63) is 59.4 Å². The molecule has 0 saturated carbocycles. The Hall–Kier alpha value is -3.10. The van der Waals surface area contributed by atoms with E-state index in [1.54, 1.807) is 36.4 Å². The fraction of sp³-hybridized carbons (Fsp3) is 0.273. The Kier molecular flexibility index (Phi) is 6.39. The standard InChI is InChI=1S/C22H24ClFN6O/c23-16-5-3-15(4-6-16)19-20(27-22(31)26-11-14-29-12-1-2-13-29)21(25)30(28-19)18-9-7-17(24)8-10-18/h3-10H,1-2,11-14,25H2,(H2,26,27,31). The van der Waals surface area contributed by atoms with E-state index >= 15 is 0 Å². The molecular formula is C22H24ClFN6O. The van der Waals surface area contributed by atoms with Gasteiger partial charge in [-0.25, -0.2) is 13.9 Å². The van der Waals surface area contributed by atoms with Crippen LogP contribution in [0.15, 0.2) is 48.5 Å². The van der Waals surface area contributed by atoms with Crippen LogP contribution in [0.1, 0.15) is 12.8 Å². The van der Waals surface area contributed by atoms with Gasteiger partial charge in [0.2, 0.25) is 0 Å². The normalized spacial score (nSPS) is 14.0. The first-order chi connectivity index (χ1) is 15.0. The first kappa shape index (κ1) is 21.1. The summed E-state index contributed by atoms with van der Waals surface area (Å²) in [5.74, 6) is -0.116. The molecule has 0 atom stereocenters. The highest BCUT2D eigenvalue weighted by molar-refractivity contribution is 6.30. The molecule has 1 aliphatic rings. The van der Waals surface area contributed by atoms with Gasteiger partial charge in [-0.1, -0.05) is 23.7 Å². The average molecular weight is 443 g/mol. The summed E-state index contributed by atoms with van der Waals surface area (Å²) in [6.07, 6.45) is 2.41. The zero-order chi connectivity index (χ0) is 21.8. The van der Waals surface area contributed by atoms with E-state index in [4.69, 9.17) is 17.3 Å². The van der Waals surface area contributed by atoms with Gasteiger partial charge in [-0.3, -0.25) is 0 Å². The van der Waals surface area contributed by atoms with Gasteiger partial charge in [0.15, 0.2) is 5.82 Å². The van der Waals surface area contributed by atoms with Crippen LogP contribution in [0.2, 0.25) is 5.02 Å². The number of benzene rings is 2. The second kappa shape index (κ2) is 9.36. The number of nitrogens with one attached hydrogen (secondary N) is 2. The Bertz CT molecular complexity index is 1050. The van der Waals surface area contributed by atoms with Crippen molar-refractivity contribution in [1.29, 1.82) is 0 Å². The number of nitrogens with zero attached hydrogens (tertiary/aromatic N) is 3. The van der Waals surface area contributed by atoms with E-state index in [1.165, 1.54) is 29.7 Å². The van der Waals surface area contributed by atoms with Crippen LogP contribution in [0.5, 0.6) is 0 Å². The van der Waals surface area contributed by atoms with Gasteiger partial charge in [0.05, 0.1) is 5.69 Å². The van der Waals surface area contributed by atoms with Crippen molar-refractivity contribution in [3.8, 4) is 16.9 Å². The van der Waals surface area contributed by atoms with Gasteiger partial charge in [-0.2, -0.15) is 5.10 Å². The highest BCUT2D eigenvalue weighted by atomic mass is 35.5. The van der Waals surface area contributed by atoms with E-state index < -0.39 is 0 Å². The van der Waals surface area contributed by atoms with Crippen molar-refractivity contribution < 1.29 is 9.18 Å². The largest absolute Gasteiger partial charge is 0.382 e. The number of carbonyl (C=O) groups is 1. The SMILES string of the molecule is Nc1c(NC(=O)NCCN2CCCC2)c(-c2ccc(Cl)cc2)nn1-c1ccc(F)cc1. The second-order valence-electron chi connectivity index (χ2n) is 7.43. The molecule has 31 heavy (non-hydrogen) atoms. The third-order valence-corrected chi connectivity index (χ3v) is 5.51. The number of aromatic nitrogens is 2. The number of halogens is 2. The molecule has 0 radical (unpaired) electrons. The van der Waals surface area contributed by atoms with Gasteiger partial charge in [-0.15, -0.1) is 0 Å². The Morgan fingerprint density at radius 2 is 1.77 bits per heavy atom. The molecule has 1 aromatic heterocycles. The summed E-state index contributed by atoms with van der Waals surface area (Å²) >= 11 is 6.01. The summed E-state index contributed by atoms with van der Waals surface area (Å²) in [7, 11) is 0. The lowest BCUT2D eigenvalue weighted by Gasteiger charge is -2.15. The van der Waals surface area contributed by atoms with Crippen molar-refractivity contribution in [3.63, 3.8) is 0 Å². The third-order valence-electron chi connectivity index (χ3n) is 5.26. The minimum Gasteiger partial charge on any atom is -0.382 e. The van der Waals surface area contributed by atoms with Crippen LogP contribution >= 0.6 is 11.6 Å². The van der Waals surface area contributed by atoms with E-state index in [-0.39, 0.29) is 17.7 Å². The second-order valence-corrected chi connectivity index (χ2v) is 7.87. The summed E-state index contributed by atoms with van der Waals surface area (Å²) < 4.78 is 14.8. The number of likely N-dealkylation sites (tertiary alicyclic amines) is 1. The molecule has 0 bridgehead atoms. The minimum absolute atomic E-state index is 0.242. The highest BCUT2D eigenvalue weighted by Gasteiger charge is 2.20. The van der Waals surface area contributed by atoms with Gasteiger partial charge in [0, 0.05) is 23.7 Å². The van der Waals surface area contributed by atoms with Crippen molar-refractivity contribution in [2.75, 3.05) is 37.2 Å². The molecule has 4 N–H and O–H groups in total. The van der Waals surface area contributed by atoms with Gasteiger partial charge in [-0.05, 0) is 62.3 Å². The number of hydrogen-bond donors (Lipinski definition) is 3. The maximum atomic E-state index is 13.4. The van der Waals surface area contributed by atoms with Crippen LogP contribution in [0.4, 0.5) is 20.7 Å². The zero-order valence-corrected chi connectivity index (χ0v) is 17.7. The molecule has 0 spiro atoms. The highest BCUT2D eigenvalue weighted by Crippen LogP contribution is 2.34. The summed E-state index contributed by atoms with van der Waals surface area (Å²) in [6, 6.07) is 12.5. The van der Waals surface area contributed by atoms with Crippen LogP contribution < -0.4 is 16.4 Å². The van der Waals surface area contributed by atoms with Crippen molar-refractivity contribution in [2.24, 2.45) is 0 Å². The summed E-state index contributed by atoms with van der Waals surface area (Å²) in [5, 5.41) is 10.9. The third kappa shape index (κ3) is 4.98. The molecule has 9 heteroatoms. The number of hydrogen-bond acceptors (Lipinski definition) is 4. The van der Waals surface area contributed by atoms with E-state index in [0.29, 0.717) is 28.6 Å². The topological polar surface area (TPSA) is 88.2 Å². The van der Waals surface area contributed by atoms with E-state index in [0.717, 1.165) is 25.2 Å². The van der Waals surface area contributed by atoms with E-state index in [1.807, 2.05) is 0 Å². The number of amides is 2. The molecule has 7 nitrogen and oxygen atoms in total. The first-order valence-corrected chi connectivity index (χ1v) is 10.6. The Morgan fingerprint density at radius 1 is 1.10 bits per heavy atom. The number of carbonyl (C=O) groups excluding carboxylic acids is 1. The molecule has 162 valence electrons. The summed E-state index contributed by atoms with van der Waals surface area (Å²) in [4.78, 5) is 14.9. The number of rotatable bonds is 6. The molecule has 0 unspecified atom stereocenters. The number of nitrogens with two attached hydrogens (primary N) is 1. The van der Waals surface area contributed by atoms with Crippen LogP contribution in [-0.4, -0.2) is 46.9 Å². The van der Waals surface area contributed by atoms with Crippen LogP contribution in [-0.2, 0) is 0 Å². The van der Waals surface area contributed by atoms with Crippen molar-refractivity contribution in [1.82, 2.24) is 20.0 Å². The zero-order valence-electron chi connectivity index (χ0n) is 16.9. The fourth-order valence-corrected chi connectivity index (χ4v) is 3.76. The van der Waals surface area contributed by atoms with Crippen LogP contribution in [0.25, 0.3) is 16.9 Å². The molecule has 2 amide bonds. The van der Waals surface area contributed by atoms with Crippen LogP contribution in [0, 0.1) is 5.82 Å². The predicted molar refractivity (Wildman–Crippen MR) is 121 cm³/mol. The Morgan fingerprint density at radius 3 is 2.45 bits per heavy atom. The lowest BCUT2D eigenvalue weighted by molar-refractivity contribution is 0.249. The molecule has 2 aromatic carbocycles. The Balaban J connectivity index is 1.58. The van der Waals surface area contributed by atoms with Gasteiger partial charge in [0.1, 0.15) is 17.2 Å². The molecule has 0 aliphatic carbocycles. The quantitative estimate of drug-likeness (QED) is 0.535. The van der Waals surface area contributed by atoms with Gasteiger partial charge in [0.25, 0.3) is 0 Å². The van der Waals surface area contributed by atoms with Gasteiger partial charge < -0.3 is 21.3 Å². The molecular weight excluding hydrogens is 419 g/mol. The summed E-state index contributed by atoms with van der Waals surface area (Å²) in [5.41, 5.74) is 8.54. The smallest absolute Gasteiger partial charge is 0.319 e. The monoisotopic (exact) mass is 442 g/mol. The fourth-order valence-electron chi connectivity index (χ4n) is 3.63. The molecule has 1 saturated heterocycles. The number of urea groups is 1. The van der Waals surface area contributed by atoms with Crippen LogP contribution in [0.3, 0.4) is 0 Å². The average Bonchev–Trinajstić information content (AvgIpc) is 3.38. The lowest BCUT2D eigenvalue weighted by atomic mass is 10.1. The van der Waals surface area contributed by atoms with E-state index in [9.17, 15) is 9.18 Å². The maximum absolute atomic E-state index is 13.4. The number of nitrogen functional groups attached to an aromatic ring is 1. The molecule has 1 aliphatic heterocycles. The van der Waals surface area contributed by atoms with E-state index in [2.05, 4.69) is 20.6 Å². The first-order valence-electron chi connectivity index (χ1n) is 10.2. The lowest BCUT2D eigenvalue weighted by Crippen LogP contribution is -2.36. The Labute approximate surface area is 185 Å². The van der Waals surface area contributed by atoms with Gasteiger partial charge >= 0.3 is 6.03 Å². The van der Waals surface area contributed by atoms with Crippen molar-refractivity contribution >= 4 is 29.1 Å². The predicted octanol–water partition coefficient (Wildman–Crippen LogP) is 4.13. The van der Waals surface area contributed by atoms with Crippen molar-refractivity contribution in [2.45, 2.75) is 12.8 Å². The number of anilines is 2. The maximum Gasteiger partial charge on any atom is 0.319 e. The summed E-state index contributed by atoms with van der Waals surface area (Å²) in [6.45, 7) is 3.48.